The Bertz CT molecular complexity index is 814. The van der Waals surface area contributed by atoms with Crippen molar-refractivity contribution in [3.8, 4) is 0 Å². The molecule has 6 heteroatoms. The number of rotatable bonds is 7. The van der Waals surface area contributed by atoms with Crippen molar-refractivity contribution in [2.24, 2.45) is 0 Å². The molecule has 0 saturated heterocycles. The van der Waals surface area contributed by atoms with Crippen molar-refractivity contribution in [1.82, 2.24) is 15.0 Å². The van der Waals surface area contributed by atoms with E-state index in [1.54, 1.807) is 6.07 Å². The first-order valence-electron chi connectivity index (χ1n) is 8.25. The molecule has 126 valence electrons. The van der Waals surface area contributed by atoms with Gasteiger partial charge in [-0.05, 0) is 31.4 Å². The molecule has 0 aliphatic heterocycles. The first-order valence-corrected chi connectivity index (χ1v) is 8.63. The average molecular weight is 344 g/mol. The van der Waals surface area contributed by atoms with Gasteiger partial charge in [0.25, 0.3) is 0 Å². The van der Waals surface area contributed by atoms with Crippen LogP contribution in [-0.4, -0.2) is 27.5 Å². The summed E-state index contributed by atoms with van der Waals surface area (Å²) in [4.78, 5) is 12.0. The van der Waals surface area contributed by atoms with Crippen LogP contribution >= 0.6 is 11.6 Å². The Labute approximate surface area is 146 Å². The Kier molecular flexibility index (Phi) is 5.20. The zero-order chi connectivity index (χ0) is 16.9. The lowest BCUT2D eigenvalue weighted by atomic mass is 10.1. The van der Waals surface area contributed by atoms with E-state index in [9.17, 15) is 0 Å². The van der Waals surface area contributed by atoms with Crippen molar-refractivity contribution in [2.45, 2.75) is 32.7 Å². The van der Waals surface area contributed by atoms with Gasteiger partial charge in [0.2, 0.25) is 5.95 Å². The number of benzene rings is 1. The number of aromatic nitrogens is 3. The van der Waals surface area contributed by atoms with Crippen molar-refractivity contribution in [3.63, 3.8) is 0 Å². The van der Waals surface area contributed by atoms with Crippen LogP contribution in [0.5, 0.6) is 0 Å². The standard InChI is InChI=1S/C18H22ClN5/c1-3-12(2)22-17-10-16(19)23-18(24-17)20-9-8-13-11-21-15-7-5-4-6-14(13)15/h4-7,10-12,21H,3,8-9H2,1-2H3,(H2,20,22,23,24). The molecule has 3 aromatic rings. The summed E-state index contributed by atoms with van der Waals surface area (Å²) < 4.78 is 0. The summed E-state index contributed by atoms with van der Waals surface area (Å²) in [5.41, 5.74) is 2.43. The van der Waals surface area contributed by atoms with Gasteiger partial charge in [-0.2, -0.15) is 4.98 Å². The fourth-order valence-electron chi connectivity index (χ4n) is 2.57. The first-order chi connectivity index (χ1) is 11.7. The third-order valence-corrected chi connectivity index (χ3v) is 4.25. The molecule has 0 bridgehead atoms. The van der Waals surface area contributed by atoms with Gasteiger partial charge >= 0.3 is 0 Å². The van der Waals surface area contributed by atoms with Crippen molar-refractivity contribution >= 4 is 34.3 Å². The monoisotopic (exact) mass is 343 g/mol. The zero-order valence-corrected chi connectivity index (χ0v) is 14.7. The van der Waals surface area contributed by atoms with Crippen LogP contribution in [0.3, 0.4) is 0 Å². The van der Waals surface area contributed by atoms with Crippen LogP contribution in [-0.2, 0) is 6.42 Å². The normalized spacial score (nSPS) is 12.3. The highest BCUT2D eigenvalue weighted by Crippen LogP contribution is 2.19. The average Bonchev–Trinajstić information content (AvgIpc) is 2.98. The Morgan fingerprint density at radius 1 is 1.25 bits per heavy atom. The van der Waals surface area contributed by atoms with Gasteiger partial charge in [-0.1, -0.05) is 36.7 Å². The molecule has 3 N–H and O–H groups in total. The predicted octanol–water partition coefficient (Wildman–Crippen LogP) is 4.48. The zero-order valence-electron chi connectivity index (χ0n) is 13.9. The Hall–Kier alpha value is -2.27. The molecule has 1 aromatic carbocycles. The Balaban J connectivity index is 1.64. The number of para-hydroxylation sites is 1. The highest BCUT2D eigenvalue weighted by atomic mass is 35.5. The van der Waals surface area contributed by atoms with E-state index in [-0.39, 0.29) is 0 Å². The van der Waals surface area contributed by atoms with E-state index in [1.165, 1.54) is 10.9 Å². The fourth-order valence-corrected chi connectivity index (χ4v) is 2.76. The smallest absolute Gasteiger partial charge is 0.226 e. The summed E-state index contributed by atoms with van der Waals surface area (Å²) in [5.74, 6) is 1.30. The first kappa shape index (κ1) is 16.6. The number of H-pyrrole nitrogens is 1. The Morgan fingerprint density at radius 2 is 2.08 bits per heavy atom. The summed E-state index contributed by atoms with van der Waals surface area (Å²) in [6, 6.07) is 10.4. The third-order valence-electron chi connectivity index (χ3n) is 4.05. The summed E-state index contributed by atoms with van der Waals surface area (Å²) in [7, 11) is 0. The minimum atomic E-state index is 0.343. The largest absolute Gasteiger partial charge is 0.367 e. The van der Waals surface area contributed by atoms with Crippen LogP contribution in [0, 0.1) is 0 Å². The van der Waals surface area contributed by atoms with Crippen LogP contribution in [0.15, 0.2) is 36.5 Å². The number of hydrogen-bond acceptors (Lipinski definition) is 4. The van der Waals surface area contributed by atoms with E-state index in [4.69, 9.17) is 11.6 Å². The fraction of sp³-hybridized carbons (Fsp3) is 0.333. The van der Waals surface area contributed by atoms with Gasteiger partial charge in [-0.15, -0.1) is 0 Å². The third kappa shape index (κ3) is 3.97. The summed E-state index contributed by atoms with van der Waals surface area (Å²) >= 11 is 6.10. The maximum Gasteiger partial charge on any atom is 0.226 e. The van der Waals surface area contributed by atoms with Crippen molar-refractivity contribution < 1.29 is 0 Å². The number of fused-ring (bicyclic) bond motifs is 1. The summed E-state index contributed by atoms with van der Waals surface area (Å²) in [5, 5.41) is 8.27. The van der Waals surface area contributed by atoms with Crippen LogP contribution in [0.25, 0.3) is 10.9 Å². The van der Waals surface area contributed by atoms with E-state index in [0.29, 0.717) is 17.1 Å². The summed E-state index contributed by atoms with van der Waals surface area (Å²) in [6.07, 6.45) is 3.96. The summed E-state index contributed by atoms with van der Waals surface area (Å²) in [6.45, 7) is 4.98. The topological polar surface area (TPSA) is 65.6 Å². The molecule has 0 spiro atoms. The van der Waals surface area contributed by atoms with Crippen molar-refractivity contribution in [3.05, 3.63) is 47.2 Å². The van der Waals surface area contributed by atoms with Gasteiger partial charge in [0.1, 0.15) is 11.0 Å². The second kappa shape index (κ2) is 7.53. The predicted molar refractivity (Wildman–Crippen MR) is 101 cm³/mol. The highest BCUT2D eigenvalue weighted by molar-refractivity contribution is 6.29. The Morgan fingerprint density at radius 3 is 2.92 bits per heavy atom. The second-order valence-corrected chi connectivity index (χ2v) is 6.28. The number of nitrogens with one attached hydrogen (secondary N) is 3. The molecule has 0 amide bonds. The van der Waals surface area contributed by atoms with Crippen LogP contribution < -0.4 is 10.6 Å². The molecular formula is C18H22ClN5. The van der Waals surface area contributed by atoms with E-state index in [1.807, 2.05) is 6.07 Å². The number of hydrogen-bond donors (Lipinski definition) is 3. The molecule has 3 rings (SSSR count). The molecule has 0 radical (unpaired) electrons. The molecule has 0 aliphatic rings. The number of nitrogens with zero attached hydrogens (tertiary/aromatic N) is 2. The van der Waals surface area contributed by atoms with Gasteiger partial charge in [-0.25, -0.2) is 4.98 Å². The molecule has 0 fully saturated rings. The van der Waals surface area contributed by atoms with Gasteiger partial charge in [-0.3, -0.25) is 0 Å². The molecular weight excluding hydrogens is 322 g/mol. The molecule has 24 heavy (non-hydrogen) atoms. The second-order valence-electron chi connectivity index (χ2n) is 5.89. The van der Waals surface area contributed by atoms with Crippen LogP contribution in [0.4, 0.5) is 11.8 Å². The van der Waals surface area contributed by atoms with Gasteiger partial charge in [0.05, 0.1) is 0 Å². The lowest BCUT2D eigenvalue weighted by Gasteiger charge is -2.13. The maximum absolute atomic E-state index is 6.10. The van der Waals surface area contributed by atoms with Gasteiger partial charge in [0.15, 0.2) is 0 Å². The molecule has 1 atom stereocenters. The highest BCUT2D eigenvalue weighted by Gasteiger charge is 2.07. The van der Waals surface area contributed by atoms with E-state index >= 15 is 0 Å². The molecule has 1 unspecified atom stereocenters. The van der Waals surface area contributed by atoms with E-state index in [0.717, 1.165) is 30.7 Å². The van der Waals surface area contributed by atoms with E-state index < -0.39 is 0 Å². The lowest BCUT2D eigenvalue weighted by Crippen LogP contribution is -2.16. The SMILES string of the molecule is CCC(C)Nc1cc(Cl)nc(NCCc2c[nH]c3ccccc23)n1. The minimum Gasteiger partial charge on any atom is -0.367 e. The maximum atomic E-state index is 6.10. The quantitative estimate of drug-likeness (QED) is 0.553. The van der Waals surface area contributed by atoms with Crippen molar-refractivity contribution in [1.29, 1.82) is 0 Å². The van der Waals surface area contributed by atoms with Crippen LogP contribution in [0.2, 0.25) is 5.15 Å². The lowest BCUT2D eigenvalue weighted by molar-refractivity contribution is 0.758. The minimum absolute atomic E-state index is 0.343. The molecule has 2 heterocycles. The van der Waals surface area contributed by atoms with E-state index in [2.05, 4.69) is 63.8 Å². The van der Waals surface area contributed by atoms with Gasteiger partial charge in [0, 0.05) is 35.8 Å². The number of anilines is 2. The van der Waals surface area contributed by atoms with Crippen LogP contribution in [0.1, 0.15) is 25.8 Å². The van der Waals surface area contributed by atoms with Crippen molar-refractivity contribution in [2.75, 3.05) is 17.2 Å². The number of aromatic amines is 1. The number of halogens is 1. The molecule has 0 aliphatic carbocycles. The van der Waals surface area contributed by atoms with Gasteiger partial charge < -0.3 is 15.6 Å². The molecule has 2 aromatic heterocycles. The molecule has 5 nitrogen and oxygen atoms in total. The molecule has 0 saturated carbocycles.